The molecule has 4 aromatic rings. The van der Waals surface area contributed by atoms with Crippen LogP contribution in [0.25, 0.3) is 22.4 Å². The molecule has 0 bridgehead atoms. The predicted molar refractivity (Wildman–Crippen MR) is 158 cm³/mol. The van der Waals surface area contributed by atoms with Gasteiger partial charge in [0.2, 0.25) is 5.91 Å². The normalized spacial score (nSPS) is 14.9. The molecule has 39 heavy (non-hydrogen) atoms. The third-order valence-corrected chi connectivity index (χ3v) is 8.15. The number of imidazole rings is 1. The van der Waals surface area contributed by atoms with E-state index < -0.39 is 6.10 Å². The number of piperidine rings is 1. The highest BCUT2D eigenvalue weighted by Crippen LogP contribution is 2.31. The van der Waals surface area contributed by atoms with Crippen LogP contribution in [0.2, 0.25) is 0 Å². The smallest absolute Gasteiger partial charge is 0.261 e. The second-order valence-corrected chi connectivity index (χ2v) is 11.1. The summed E-state index contributed by atoms with van der Waals surface area (Å²) in [6.07, 6.45) is 2.61. The number of anilines is 2. The maximum atomic E-state index is 13.0. The first-order chi connectivity index (χ1) is 18.7. The lowest BCUT2D eigenvalue weighted by Crippen LogP contribution is -2.44. The molecular formula is C29H33BrN6O3. The molecule has 1 unspecified atom stereocenters. The van der Waals surface area contributed by atoms with Crippen LogP contribution in [-0.2, 0) is 4.79 Å². The highest BCUT2D eigenvalue weighted by atomic mass is 79.9. The van der Waals surface area contributed by atoms with Crippen molar-refractivity contribution < 1.29 is 9.90 Å². The minimum Gasteiger partial charge on any atom is -0.387 e. The van der Waals surface area contributed by atoms with Gasteiger partial charge >= 0.3 is 0 Å². The Kier molecular flexibility index (Phi) is 7.76. The van der Waals surface area contributed by atoms with Gasteiger partial charge in [-0.2, -0.15) is 0 Å². The Balaban J connectivity index is 1.38. The SMILES string of the molecule is CC(=O)NC1CCN(c2cc(C)c3nc(-c4c(NCC(O)c5ccc(C)c(Br)c5)cc[nH]c4=O)[nH]c3c2)CC1. The fraction of sp³-hybridized carbons (Fsp3) is 0.345. The molecule has 1 atom stereocenters. The number of aliphatic hydroxyl groups is 1. The van der Waals surface area contributed by atoms with Gasteiger partial charge in [-0.3, -0.25) is 9.59 Å². The molecule has 2 aromatic heterocycles. The lowest BCUT2D eigenvalue weighted by molar-refractivity contribution is -0.119. The molecule has 1 saturated heterocycles. The number of nitrogens with zero attached hydrogens (tertiary/aromatic N) is 2. The van der Waals surface area contributed by atoms with E-state index in [1.807, 2.05) is 32.0 Å². The zero-order valence-electron chi connectivity index (χ0n) is 22.3. The first kappa shape index (κ1) is 27.0. The van der Waals surface area contributed by atoms with Crippen molar-refractivity contribution >= 4 is 44.2 Å². The fourth-order valence-electron chi connectivity index (χ4n) is 5.14. The standard InChI is InChI=1S/C29H33BrN6O3/c1-16-4-5-19(13-22(16)30)25(38)15-32-23-6-9-31-29(39)26(23)28-34-24-14-21(12-17(2)27(24)35-28)36-10-7-20(8-11-36)33-18(3)37/h4-6,9,12-14,20,25,38H,7-8,10-11,15H2,1-3H3,(H,33,37)(H,34,35)(H2,31,32,39). The molecule has 1 aliphatic heterocycles. The zero-order chi connectivity index (χ0) is 27.7. The van der Waals surface area contributed by atoms with Crippen LogP contribution in [0.15, 0.2) is 51.9 Å². The van der Waals surface area contributed by atoms with E-state index in [0.717, 1.165) is 63.8 Å². The summed E-state index contributed by atoms with van der Waals surface area (Å²) in [5.41, 5.74) is 6.32. The summed E-state index contributed by atoms with van der Waals surface area (Å²) in [6, 6.07) is 11.9. The molecule has 1 amide bonds. The summed E-state index contributed by atoms with van der Waals surface area (Å²) in [7, 11) is 0. The van der Waals surface area contributed by atoms with Gasteiger partial charge in [-0.15, -0.1) is 0 Å². The van der Waals surface area contributed by atoms with Gasteiger partial charge in [-0.05, 0) is 67.6 Å². The predicted octanol–water partition coefficient (Wildman–Crippen LogP) is 4.55. The van der Waals surface area contributed by atoms with Crippen molar-refractivity contribution in [2.24, 2.45) is 0 Å². The summed E-state index contributed by atoms with van der Waals surface area (Å²) >= 11 is 3.52. The van der Waals surface area contributed by atoms with Gasteiger partial charge in [0.15, 0.2) is 0 Å². The van der Waals surface area contributed by atoms with Crippen LogP contribution in [-0.4, -0.2) is 51.6 Å². The average Bonchev–Trinajstić information content (AvgIpc) is 3.33. The van der Waals surface area contributed by atoms with Crippen LogP contribution >= 0.6 is 15.9 Å². The third kappa shape index (κ3) is 5.86. The Morgan fingerprint density at radius 1 is 1.18 bits per heavy atom. The molecule has 3 heterocycles. The number of aryl methyl sites for hydroxylation is 2. The first-order valence-electron chi connectivity index (χ1n) is 13.1. The van der Waals surface area contributed by atoms with E-state index in [1.54, 1.807) is 19.2 Å². The molecule has 5 N–H and O–H groups in total. The van der Waals surface area contributed by atoms with Crippen molar-refractivity contribution in [2.45, 2.75) is 45.8 Å². The minimum atomic E-state index is -0.760. The van der Waals surface area contributed by atoms with E-state index in [-0.39, 0.29) is 24.1 Å². The van der Waals surface area contributed by atoms with Crippen LogP contribution in [0.4, 0.5) is 11.4 Å². The van der Waals surface area contributed by atoms with Gasteiger partial charge in [0, 0.05) is 49.0 Å². The molecule has 1 fully saturated rings. The molecule has 9 nitrogen and oxygen atoms in total. The molecule has 10 heteroatoms. The van der Waals surface area contributed by atoms with E-state index >= 15 is 0 Å². The van der Waals surface area contributed by atoms with Gasteiger partial charge in [0.05, 0.1) is 22.8 Å². The zero-order valence-corrected chi connectivity index (χ0v) is 23.9. The monoisotopic (exact) mass is 592 g/mol. The largest absolute Gasteiger partial charge is 0.387 e. The molecule has 0 radical (unpaired) electrons. The van der Waals surface area contributed by atoms with E-state index in [2.05, 4.69) is 53.6 Å². The number of hydrogen-bond acceptors (Lipinski definition) is 6. The summed E-state index contributed by atoms with van der Waals surface area (Å²) in [5.74, 6) is 0.477. The van der Waals surface area contributed by atoms with E-state index in [1.165, 1.54) is 0 Å². The van der Waals surface area contributed by atoms with Crippen molar-refractivity contribution in [1.29, 1.82) is 0 Å². The number of nitrogens with one attached hydrogen (secondary N) is 4. The second kappa shape index (κ2) is 11.2. The number of aromatic amines is 2. The summed E-state index contributed by atoms with van der Waals surface area (Å²) < 4.78 is 0.935. The highest BCUT2D eigenvalue weighted by Gasteiger charge is 2.22. The van der Waals surface area contributed by atoms with Crippen molar-refractivity contribution in [3.8, 4) is 11.4 Å². The number of amides is 1. The Morgan fingerprint density at radius 3 is 2.67 bits per heavy atom. The average molecular weight is 594 g/mol. The molecule has 0 saturated carbocycles. The van der Waals surface area contributed by atoms with Gasteiger partial charge in [-0.1, -0.05) is 28.1 Å². The van der Waals surface area contributed by atoms with Crippen LogP contribution < -0.4 is 21.1 Å². The number of H-pyrrole nitrogens is 2. The number of rotatable bonds is 7. The molecular weight excluding hydrogens is 560 g/mol. The van der Waals surface area contributed by atoms with Crippen molar-refractivity contribution in [3.05, 3.63) is 74.1 Å². The summed E-state index contributed by atoms with van der Waals surface area (Å²) in [4.78, 5) is 37.6. The van der Waals surface area contributed by atoms with Crippen molar-refractivity contribution in [1.82, 2.24) is 20.3 Å². The second-order valence-electron chi connectivity index (χ2n) is 10.2. The van der Waals surface area contributed by atoms with Crippen LogP contribution in [0, 0.1) is 13.8 Å². The first-order valence-corrected chi connectivity index (χ1v) is 13.9. The molecule has 5 rings (SSSR count). The van der Waals surface area contributed by atoms with Crippen LogP contribution in [0.1, 0.15) is 42.6 Å². The molecule has 0 spiro atoms. The van der Waals surface area contributed by atoms with E-state index in [9.17, 15) is 14.7 Å². The quantitative estimate of drug-likeness (QED) is 0.214. The van der Waals surface area contributed by atoms with Gasteiger partial charge in [0.25, 0.3) is 5.56 Å². The van der Waals surface area contributed by atoms with E-state index in [0.29, 0.717) is 17.1 Å². The Bertz CT molecular complexity index is 1570. The van der Waals surface area contributed by atoms with Crippen molar-refractivity contribution in [3.63, 3.8) is 0 Å². The van der Waals surface area contributed by atoms with Gasteiger partial charge < -0.3 is 30.6 Å². The summed E-state index contributed by atoms with van der Waals surface area (Å²) in [6.45, 7) is 7.50. The number of hydrogen-bond donors (Lipinski definition) is 5. The summed E-state index contributed by atoms with van der Waals surface area (Å²) in [5, 5.41) is 17.0. The van der Waals surface area contributed by atoms with Crippen molar-refractivity contribution in [2.75, 3.05) is 29.9 Å². The molecule has 1 aliphatic rings. The maximum absolute atomic E-state index is 13.0. The van der Waals surface area contributed by atoms with Gasteiger partial charge in [0.1, 0.15) is 11.4 Å². The number of pyridine rings is 1. The topological polar surface area (TPSA) is 126 Å². The fourth-order valence-corrected chi connectivity index (χ4v) is 5.54. The Morgan fingerprint density at radius 2 is 1.95 bits per heavy atom. The maximum Gasteiger partial charge on any atom is 0.261 e. The molecule has 0 aliphatic carbocycles. The molecule has 204 valence electrons. The number of halogens is 1. The number of fused-ring (bicyclic) bond motifs is 1. The number of aliphatic hydroxyl groups excluding tert-OH is 1. The lowest BCUT2D eigenvalue weighted by Gasteiger charge is -2.34. The minimum absolute atomic E-state index is 0.0122. The number of carbonyl (C=O) groups is 1. The Hall–Kier alpha value is -3.63. The van der Waals surface area contributed by atoms with Gasteiger partial charge in [-0.25, -0.2) is 4.98 Å². The lowest BCUT2D eigenvalue weighted by atomic mass is 10.0. The van der Waals surface area contributed by atoms with Crippen LogP contribution in [0.3, 0.4) is 0 Å². The number of carbonyl (C=O) groups excluding carboxylic acids is 1. The third-order valence-electron chi connectivity index (χ3n) is 7.29. The Labute approximate surface area is 235 Å². The molecule has 2 aromatic carbocycles. The number of aromatic nitrogens is 3. The highest BCUT2D eigenvalue weighted by molar-refractivity contribution is 9.10. The van der Waals surface area contributed by atoms with Crippen LogP contribution in [0.5, 0.6) is 0 Å². The van der Waals surface area contributed by atoms with E-state index in [4.69, 9.17) is 4.98 Å². The number of benzene rings is 2.